The first-order valence-corrected chi connectivity index (χ1v) is 9.84. The summed E-state index contributed by atoms with van der Waals surface area (Å²) in [5.41, 5.74) is 1.58. The molecule has 8 nitrogen and oxygen atoms in total. The normalized spacial score (nSPS) is 18.8. The van der Waals surface area contributed by atoms with Gasteiger partial charge >= 0.3 is 0 Å². The molecule has 0 aliphatic carbocycles. The van der Waals surface area contributed by atoms with Gasteiger partial charge in [-0.3, -0.25) is 0 Å². The van der Waals surface area contributed by atoms with Crippen LogP contribution in [0.1, 0.15) is 12.0 Å². The maximum absolute atomic E-state index is 11.5. The zero-order valence-electron chi connectivity index (χ0n) is 13.8. The summed E-state index contributed by atoms with van der Waals surface area (Å²) in [5, 5.41) is 14.5. The number of methoxy groups -OCH3 is 1. The molecule has 3 rings (SSSR count). The molecule has 1 aliphatic rings. The summed E-state index contributed by atoms with van der Waals surface area (Å²) in [4.78, 5) is 4.33. The van der Waals surface area contributed by atoms with Crippen molar-refractivity contribution in [1.29, 1.82) is 0 Å². The van der Waals surface area contributed by atoms with Crippen LogP contribution in [0.2, 0.25) is 5.02 Å². The van der Waals surface area contributed by atoms with Crippen molar-refractivity contribution in [3.8, 4) is 5.75 Å². The Hall–Kier alpha value is -2.13. The van der Waals surface area contributed by atoms with Gasteiger partial charge in [0.05, 0.1) is 30.5 Å². The van der Waals surface area contributed by atoms with Crippen molar-refractivity contribution in [1.82, 2.24) is 15.2 Å². The van der Waals surface area contributed by atoms with E-state index in [0.29, 0.717) is 28.7 Å². The number of aromatic nitrogens is 3. The number of anilines is 3. The third kappa shape index (κ3) is 4.29. The number of aryl methyl sites for hydroxylation is 1. The van der Waals surface area contributed by atoms with Crippen LogP contribution in [0.3, 0.4) is 0 Å². The van der Waals surface area contributed by atoms with Crippen molar-refractivity contribution in [2.24, 2.45) is 0 Å². The maximum Gasteiger partial charge on any atom is 0.244 e. The maximum atomic E-state index is 11.5. The molecule has 2 N–H and O–H groups in total. The van der Waals surface area contributed by atoms with Gasteiger partial charge in [0.15, 0.2) is 15.7 Å². The van der Waals surface area contributed by atoms with Crippen molar-refractivity contribution in [3.63, 3.8) is 0 Å². The Balaban J connectivity index is 1.77. The fraction of sp³-hybridized carbons (Fsp3) is 0.400. The average Bonchev–Trinajstić information content (AvgIpc) is 2.89. The summed E-state index contributed by atoms with van der Waals surface area (Å²) in [5.74, 6) is 1.57. The van der Waals surface area contributed by atoms with Crippen LogP contribution in [-0.2, 0) is 9.84 Å². The molecular weight excluding hydrogens is 366 g/mol. The second-order valence-corrected chi connectivity index (χ2v) is 8.47. The predicted molar refractivity (Wildman–Crippen MR) is 96.5 cm³/mol. The molecule has 1 unspecified atom stereocenters. The van der Waals surface area contributed by atoms with E-state index in [0.717, 1.165) is 5.56 Å². The first-order chi connectivity index (χ1) is 11.9. The minimum atomic E-state index is -2.98. The number of nitrogens with one attached hydrogen (secondary N) is 2. The van der Waals surface area contributed by atoms with Gasteiger partial charge in [0, 0.05) is 17.1 Å². The van der Waals surface area contributed by atoms with Crippen LogP contribution in [0, 0.1) is 6.92 Å². The minimum Gasteiger partial charge on any atom is -0.495 e. The molecule has 1 aliphatic heterocycles. The molecule has 1 aromatic carbocycles. The Bertz CT molecular complexity index is 891. The van der Waals surface area contributed by atoms with E-state index in [1.54, 1.807) is 13.2 Å². The van der Waals surface area contributed by atoms with E-state index < -0.39 is 9.84 Å². The SMILES string of the molecule is COc1cc(Cl)c(C)cc1Nc1cnnc(NC2CCS(=O)(=O)C2)n1. The van der Waals surface area contributed by atoms with Gasteiger partial charge in [0.1, 0.15) is 5.75 Å². The molecule has 0 spiro atoms. The third-order valence-electron chi connectivity index (χ3n) is 3.87. The zero-order valence-corrected chi connectivity index (χ0v) is 15.4. The van der Waals surface area contributed by atoms with E-state index in [-0.39, 0.29) is 23.5 Å². The highest BCUT2D eigenvalue weighted by Crippen LogP contribution is 2.32. The Morgan fingerprint density at radius 2 is 2.16 bits per heavy atom. The molecule has 2 aromatic rings. The molecule has 1 atom stereocenters. The summed E-state index contributed by atoms with van der Waals surface area (Å²) in [6, 6.07) is 3.37. The van der Waals surface area contributed by atoms with Gasteiger partial charge in [-0.2, -0.15) is 10.1 Å². The van der Waals surface area contributed by atoms with Crippen LogP contribution in [0.15, 0.2) is 18.3 Å². The largest absolute Gasteiger partial charge is 0.495 e. The average molecular weight is 384 g/mol. The number of nitrogens with zero attached hydrogens (tertiary/aromatic N) is 3. The predicted octanol–water partition coefficient (Wildman–Crippen LogP) is 2.18. The number of hydrogen-bond acceptors (Lipinski definition) is 8. The van der Waals surface area contributed by atoms with Gasteiger partial charge in [-0.15, -0.1) is 5.10 Å². The standard InChI is InChI=1S/C15H18ClN5O3S/c1-9-5-12(13(24-2)6-11(9)16)19-14-7-17-21-15(20-14)18-10-3-4-25(22,23)8-10/h5-7,10H,3-4,8H2,1-2H3,(H2,18,19,20,21). The van der Waals surface area contributed by atoms with Crippen molar-refractivity contribution in [2.75, 3.05) is 29.2 Å². The number of halogens is 1. The smallest absolute Gasteiger partial charge is 0.244 e. The van der Waals surface area contributed by atoms with Gasteiger partial charge < -0.3 is 15.4 Å². The van der Waals surface area contributed by atoms with Gasteiger partial charge in [0.2, 0.25) is 5.95 Å². The molecule has 0 radical (unpaired) electrons. The summed E-state index contributed by atoms with van der Waals surface area (Å²) in [6.07, 6.45) is 2.01. The van der Waals surface area contributed by atoms with Crippen molar-refractivity contribution >= 4 is 38.9 Å². The van der Waals surface area contributed by atoms with Crippen LogP contribution in [0.25, 0.3) is 0 Å². The molecule has 1 aromatic heterocycles. The number of hydrogen-bond donors (Lipinski definition) is 2. The third-order valence-corrected chi connectivity index (χ3v) is 6.04. The Morgan fingerprint density at radius 3 is 2.84 bits per heavy atom. The van der Waals surface area contributed by atoms with E-state index in [2.05, 4.69) is 25.8 Å². The van der Waals surface area contributed by atoms with E-state index >= 15 is 0 Å². The number of benzene rings is 1. The van der Waals surface area contributed by atoms with Crippen LogP contribution in [0.4, 0.5) is 17.5 Å². The second-order valence-electron chi connectivity index (χ2n) is 5.84. The van der Waals surface area contributed by atoms with E-state index in [4.69, 9.17) is 16.3 Å². The Kier molecular flexibility index (Phi) is 4.96. The number of rotatable bonds is 5. The van der Waals surface area contributed by atoms with E-state index in [9.17, 15) is 8.42 Å². The van der Waals surface area contributed by atoms with Crippen molar-refractivity contribution in [3.05, 3.63) is 28.9 Å². The van der Waals surface area contributed by atoms with Crippen molar-refractivity contribution in [2.45, 2.75) is 19.4 Å². The molecule has 2 heterocycles. The van der Waals surface area contributed by atoms with Gasteiger partial charge in [-0.05, 0) is 25.0 Å². The number of sulfone groups is 1. The molecule has 1 saturated heterocycles. The van der Waals surface area contributed by atoms with Gasteiger partial charge in [-0.1, -0.05) is 11.6 Å². The zero-order chi connectivity index (χ0) is 18.0. The molecule has 25 heavy (non-hydrogen) atoms. The molecule has 134 valence electrons. The summed E-state index contributed by atoms with van der Waals surface area (Å²) in [6.45, 7) is 1.89. The second kappa shape index (κ2) is 7.01. The molecule has 0 amide bonds. The molecule has 1 fully saturated rings. The Morgan fingerprint density at radius 1 is 1.36 bits per heavy atom. The fourth-order valence-corrected chi connectivity index (χ4v) is 4.41. The fourth-order valence-electron chi connectivity index (χ4n) is 2.58. The number of ether oxygens (including phenoxy) is 1. The summed E-state index contributed by atoms with van der Waals surface area (Å²) < 4.78 is 28.4. The van der Waals surface area contributed by atoms with Crippen LogP contribution in [0.5, 0.6) is 5.75 Å². The molecule has 0 saturated carbocycles. The summed E-state index contributed by atoms with van der Waals surface area (Å²) >= 11 is 6.11. The van der Waals surface area contributed by atoms with Gasteiger partial charge in [-0.25, -0.2) is 8.42 Å². The topological polar surface area (TPSA) is 106 Å². The lowest BCUT2D eigenvalue weighted by atomic mass is 10.2. The lowest BCUT2D eigenvalue weighted by Crippen LogP contribution is -2.22. The van der Waals surface area contributed by atoms with Crippen LogP contribution >= 0.6 is 11.6 Å². The molecule has 10 heteroatoms. The monoisotopic (exact) mass is 383 g/mol. The molecular formula is C15H18ClN5O3S. The van der Waals surface area contributed by atoms with E-state index in [1.165, 1.54) is 6.20 Å². The first kappa shape index (κ1) is 17.7. The van der Waals surface area contributed by atoms with Crippen LogP contribution < -0.4 is 15.4 Å². The minimum absolute atomic E-state index is 0.0816. The lowest BCUT2D eigenvalue weighted by molar-refractivity contribution is 0.416. The highest BCUT2D eigenvalue weighted by atomic mass is 35.5. The first-order valence-electron chi connectivity index (χ1n) is 7.64. The molecule has 0 bridgehead atoms. The van der Waals surface area contributed by atoms with Crippen LogP contribution in [-0.4, -0.2) is 48.3 Å². The van der Waals surface area contributed by atoms with E-state index in [1.807, 2.05) is 13.0 Å². The highest BCUT2D eigenvalue weighted by molar-refractivity contribution is 7.91. The lowest BCUT2D eigenvalue weighted by Gasteiger charge is -2.14. The highest BCUT2D eigenvalue weighted by Gasteiger charge is 2.28. The summed E-state index contributed by atoms with van der Waals surface area (Å²) in [7, 11) is -1.42. The Labute approximate surface area is 150 Å². The quantitative estimate of drug-likeness (QED) is 0.809. The van der Waals surface area contributed by atoms with Crippen molar-refractivity contribution < 1.29 is 13.2 Å². The van der Waals surface area contributed by atoms with Gasteiger partial charge in [0.25, 0.3) is 0 Å².